The highest BCUT2D eigenvalue weighted by Gasteiger charge is 2.22. The second-order valence-electron chi connectivity index (χ2n) is 2.79. The van der Waals surface area contributed by atoms with Crippen molar-refractivity contribution in [2.24, 2.45) is 0 Å². The summed E-state index contributed by atoms with van der Waals surface area (Å²) in [5.41, 5.74) is -0.226. The topological polar surface area (TPSA) is 39.2 Å². The van der Waals surface area contributed by atoms with Gasteiger partial charge in [-0.3, -0.25) is 0 Å². The number of nitrogens with zero attached hydrogens (tertiary/aromatic N) is 1. The van der Waals surface area contributed by atoms with Gasteiger partial charge in [-0.2, -0.15) is 0 Å². The Morgan fingerprint density at radius 3 is 2.67 bits per heavy atom. The summed E-state index contributed by atoms with van der Waals surface area (Å²) in [5, 5.41) is 0. The Balaban J connectivity index is 3.40. The molecule has 0 atom stereocenters. The quantitative estimate of drug-likeness (QED) is 0.476. The van der Waals surface area contributed by atoms with Crippen LogP contribution in [0.1, 0.15) is 28.0 Å². The number of carbonyl (C=O) groups excluding carboxylic acids is 1. The molecule has 1 aromatic rings. The van der Waals surface area contributed by atoms with Gasteiger partial charge in [0.25, 0.3) is 6.43 Å². The van der Waals surface area contributed by atoms with E-state index in [0.717, 1.165) is 7.11 Å². The Hall–Kier alpha value is -0.790. The molecule has 0 N–H and O–H groups in total. The second-order valence-corrected chi connectivity index (χ2v) is 3.89. The van der Waals surface area contributed by atoms with E-state index in [9.17, 15) is 13.6 Å². The highest BCUT2D eigenvalue weighted by molar-refractivity contribution is 14.1. The molecule has 0 bridgehead atoms. The van der Waals surface area contributed by atoms with Gasteiger partial charge in [-0.25, -0.2) is 18.6 Å². The van der Waals surface area contributed by atoms with Crippen LogP contribution in [-0.2, 0) is 4.74 Å². The molecular weight excluding hydrogens is 319 g/mol. The van der Waals surface area contributed by atoms with Crippen molar-refractivity contribution in [3.8, 4) is 0 Å². The zero-order valence-electron chi connectivity index (χ0n) is 8.05. The predicted molar refractivity (Wildman–Crippen MR) is 58.0 cm³/mol. The van der Waals surface area contributed by atoms with Crippen LogP contribution in [0.15, 0.2) is 6.07 Å². The van der Waals surface area contributed by atoms with Gasteiger partial charge in [0.1, 0.15) is 3.70 Å². The van der Waals surface area contributed by atoms with E-state index >= 15 is 0 Å². The summed E-state index contributed by atoms with van der Waals surface area (Å²) >= 11 is 1.82. The van der Waals surface area contributed by atoms with Crippen molar-refractivity contribution in [3.63, 3.8) is 0 Å². The number of alkyl halides is 2. The molecule has 0 aliphatic heterocycles. The van der Waals surface area contributed by atoms with E-state index in [-0.39, 0.29) is 16.8 Å². The second kappa shape index (κ2) is 4.82. The smallest absolute Gasteiger partial charge is 0.340 e. The average Bonchev–Trinajstić information content (AvgIpc) is 2.15. The first kappa shape index (κ1) is 12.3. The van der Waals surface area contributed by atoms with Crippen LogP contribution < -0.4 is 0 Å². The monoisotopic (exact) mass is 327 g/mol. The highest BCUT2D eigenvalue weighted by atomic mass is 127. The molecule has 82 valence electrons. The third-order valence-corrected chi connectivity index (χ3v) is 2.38. The van der Waals surface area contributed by atoms with Gasteiger partial charge in [0.15, 0.2) is 0 Å². The van der Waals surface area contributed by atoms with E-state index in [1.807, 2.05) is 22.6 Å². The number of esters is 1. The molecule has 0 aliphatic carbocycles. The third kappa shape index (κ3) is 2.61. The molecule has 0 saturated carbocycles. The minimum atomic E-state index is -2.71. The van der Waals surface area contributed by atoms with Gasteiger partial charge >= 0.3 is 5.97 Å². The Bertz CT molecular complexity index is 396. The summed E-state index contributed by atoms with van der Waals surface area (Å²) in [5.74, 6) is -0.785. The Labute approximate surface area is 99.0 Å². The first-order valence-electron chi connectivity index (χ1n) is 4.01. The van der Waals surface area contributed by atoms with Crippen molar-refractivity contribution in [1.29, 1.82) is 0 Å². The van der Waals surface area contributed by atoms with E-state index in [4.69, 9.17) is 0 Å². The Kier molecular flexibility index (Phi) is 3.95. The van der Waals surface area contributed by atoms with Gasteiger partial charge in [0.2, 0.25) is 0 Å². The molecule has 0 fully saturated rings. The average molecular weight is 327 g/mol. The van der Waals surface area contributed by atoms with E-state index in [2.05, 4.69) is 9.72 Å². The summed E-state index contributed by atoms with van der Waals surface area (Å²) < 4.78 is 30.1. The van der Waals surface area contributed by atoms with Crippen LogP contribution in [0.25, 0.3) is 0 Å². The minimum Gasteiger partial charge on any atom is -0.465 e. The molecule has 0 unspecified atom stereocenters. The fourth-order valence-electron chi connectivity index (χ4n) is 1.20. The van der Waals surface area contributed by atoms with Gasteiger partial charge in [-0.05, 0) is 35.6 Å². The third-order valence-electron chi connectivity index (χ3n) is 1.82. The van der Waals surface area contributed by atoms with Crippen molar-refractivity contribution < 1.29 is 18.3 Å². The number of halogens is 3. The van der Waals surface area contributed by atoms with Crippen LogP contribution >= 0.6 is 22.6 Å². The van der Waals surface area contributed by atoms with Crippen LogP contribution in [0.5, 0.6) is 0 Å². The number of hydrogen-bond donors (Lipinski definition) is 0. The Morgan fingerprint density at radius 2 is 2.20 bits per heavy atom. The first-order chi connectivity index (χ1) is 6.97. The molecule has 0 aromatic carbocycles. The lowest BCUT2D eigenvalue weighted by atomic mass is 10.1. The maximum Gasteiger partial charge on any atom is 0.340 e. The van der Waals surface area contributed by atoms with Crippen molar-refractivity contribution in [1.82, 2.24) is 4.98 Å². The fraction of sp³-hybridized carbons (Fsp3) is 0.333. The number of hydrogen-bond acceptors (Lipinski definition) is 3. The van der Waals surface area contributed by atoms with Crippen LogP contribution in [0.2, 0.25) is 0 Å². The summed E-state index contributed by atoms with van der Waals surface area (Å²) in [6.07, 6.45) is -2.71. The molecule has 3 nitrogen and oxygen atoms in total. The van der Waals surface area contributed by atoms with Gasteiger partial charge in [0.05, 0.1) is 18.4 Å². The number of ether oxygens (including phenoxy) is 1. The van der Waals surface area contributed by atoms with Crippen molar-refractivity contribution in [2.45, 2.75) is 13.3 Å². The Morgan fingerprint density at radius 1 is 1.60 bits per heavy atom. The normalized spacial score (nSPS) is 10.5. The summed E-state index contributed by atoms with van der Waals surface area (Å²) in [7, 11) is 1.15. The van der Waals surface area contributed by atoms with Gasteiger partial charge in [-0.1, -0.05) is 0 Å². The summed E-state index contributed by atoms with van der Waals surface area (Å²) in [6.45, 7) is 1.50. The van der Waals surface area contributed by atoms with Gasteiger partial charge < -0.3 is 4.74 Å². The van der Waals surface area contributed by atoms with Crippen LogP contribution in [-0.4, -0.2) is 18.1 Å². The van der Waals surface area contributed by atoms with Gasteiger partial charge in [0, 0.05) is 5.56 Å². The molecule has 6 heteroatoms. The number of pyridine rings is 1. The van der Waals surface area contributed by atoms with E-state index in [1.54, 1.807) is 0 Å². The predicted octanol–water partition coefficient (Wildman–Crippen LogP) is 2.72. The van der Waals surface area contributed by atoms with Crippen molar-refractivity contribution >= 4 is 28.6 Å². The lowest BCUT2D eigenvalue weighted by molar-refractivity contribution is 0.0587. The van der Waals surface area contributed by atoms with Crippen LogP contribution in [0.4, 0.5) is 8.78 Å². The zero-order chi connectivity index (χ0) is 11.6. The van der Waals surface area contributed by atoms with Crippen LogP contribution in [0.3, 0.4) is 0 Å². The van der Waals surface area contributed by atoms with Crippen molar-refractivity contribution in [2.75, 3.05) is 7.11 Å². The minimum absolute atomic E-state index is 0.145. The molecule has 0 saturated heterocycles. The number of methoxy groups -OCH3 is 1. The lowest BCUT2D eigenvalue weighted by Gasteiger charge is -2.09. The van der Waals surface area contributed by atoms with E-state index < -0.39 is 12.4 Å². The standard InChI is InChI=1S/C9H8F2INO2/c1-4-7(9(14)15-2)5(8(10)11)3-6(12)13-4/h3,8H,1-2H3. The zero-order valence-corrected chi connectivity index (χ0v) is 10.2. The number of aryl methyl sites for hydroxylation is 1. The maximum atomic E-state index is 12.6. The number of carbonyl (C=O) groups is 1. The molecule has 0 amide bonds. The molecule has 1 aromatic heterocycles. The lowest BCUT2D eigenvalue weighted by Crippen LogP contribution is -2.11. The maximum absolute atomic E-state index is 12.6. The van der Waals surface area contributed by atoms with Crippen LogP contribution in [0, 0.1) is 10.6 Å². The number of rotatable bonds is 2. The van der Waals surface area contributed by atoms with E-state index in [0.29, 0.717) is 3.70 Å². The SMILES string of the molecule is COC(=O)c1c(C(F)F)cc(I)nc1C. The molecule has 1 rings (SSSR count). The van der Waals surface area contributed by atoms with E-state index in [1.165, 1.54) is 13.0 Å². The molecule has 0 spiro atoms. The molecule has 1 heterocycles. The molecule has 15 heavy (non-hydrogen) atoms. The van der Waals surface area contributed by atoms with Crippen molar-refractivity contribution in [3.05, 3.63) is 26.6 Å². The molecule has 0 aliphatic rings. The number of aromatic nitrogens is 1. The first-order valence-corrected chi connectivity index (χ1v) is 5.08. The summed E-state index contributed by atoms with van der Waals surface area (Å²) in [4.78, 5) is 15.2. The fourth-order valence-corrected chi connectivity index (χ4v) is 1.89. The molecule has 0 radical (unpaired) electrons. The molecular formula is C9H8F2INO2. The largest absolute Gasteiger partial charge is 0.465 e. The van der Waals surface area contributed by atoms with Gasteiger partial charge in [-0.15, -0.1) is 0 Å². The highest BCUT2D eigenvalue weighted by Crippen LogP contribution is 2.26. The summed E-state index contributed by atoms with van der Waals surface area (Å²) in [6, 6.07) is 1.18.